The highest BCUT2D eigenvalue weighted by atomic mass is 28.4. The summed E-state index contributed by atoms with van der Waals surface area (Å²) >= 11 is 0. The molecule has 0 rings (SSSR count). The van der Waals surface area contributed by atoms with Gasteiger partial charge in [0.25, 0.3) is 0 Å². The molecule has 128 valence electrons. The van der Waals surface area contributed by atoms with E-state index in [0.717, 1.165) is 25.9 Å². The largest absolute Gasteiger partial charge is 0.394 e. The Bertz CT molecular complexity index is 234. The van der Waals surface area contributed by atoms with E-state index in [9.17, 15) is 0 Å². The van der Waals surface area contributed by atoms with Crippen LogP contribution in [0.5, 0.6) is 0 Å². The third kappa shape index (κ3) is 8.50. The summed E-state index contributed by atoms with van der Waals surface area (Å²) in [7, 11) is -2.88. The summed E-state index contributed by atoms with van der Waals surface area (Å²) in [4.78, 5) is 0. The summed E-state index contributed by atoms with van der Waals surface area (Å²) in [6.07, 6.45) is 3.58. The van der Waals surface area contributed by atoms with Crippen LogP contribution in [-0.2, 0) is 8.85 Å². The Kier molecular flexibility index (Phi) is 12.0. The van der Waals surface area contributed by atoms with Crippen molar-refractivity contribution in [2.45, 2.75) is 78.2 Å². The maximum atomic E-state index is 5.84. The summed E-state index contributed by atoms with van der Waals surface area (Å²) in [5.74, 6) is 0. The van der Waals surface area contributed by atoms with Crippen LogP contribution < -0.4 is 5.32 Å². The van der Waals surface area contributed by atoms with E-state index in [1.54, 1.807) is 0 Å². The third-order valence-corrected chi connectivity index (χ3v) is 13.5. The van der Waals surface area contributed by atoms with Gasteiger partial charge in [0.2, 0.25) is 0 Å². The molecular weight excluding hydrogens is 294 g/mol. The zero-order valence-corrected chi connectivity index (χ0v) is 17.4. The zero-order chi connectivity index (χ0) is 16.2. The first kappa shape index (κ1) is 21.3. The monoisotopic (exact) mass is 333 g/mol. The molecule has 0 heterocycles. The highest BCUT2D eigenvalue weighted by Crippen LogP contribution is 2.26. The fourth-order valence-corrected chi connectivity index (χ4v) is 8.80. The third-order valence-electron chi connectivity index (χ3n) is 4.91. The second-order valence-corrected chi connectivity index (χ2v) is 15.0. The molecular formula is C16H39NO2Si2. The molecule has 0 saturated carbocycles. The molecule has 5 heteroatoms. The van der Waals surface area contributed by atoms with Crippen LogP contribution in [0.15, 0.2) is 0 Å². The lowest BCUT2D eigenvalue weighted by Crippen LogP contribution is -2.49. The lowest BCUT2D eigenvalue weighted by Gasteiger charge is -2.28. The Labute approximate surface area is 135 Å². The average molecular weight is 334 g/mol. The van der Waals surface area contributed by atoms with Gasteiger partial charge in [-0.1, -0.05) is 51.4 Å². The molecule has 0 aromatic rings. The van der Waals surface area contributed by atoms with Gasteiger partial charge >= 0.3 is 8.56 Å². The topological polar surface area (TPSA) is 30.5 Å². The summed E-state index contributed by atoms with van der Waals surface area (Å²) in [6, 6.07) is 5.86. The predicted octanol–water partition coefficient (Wildman–Crippen LogP) is 4.55. The normalized spacial score (nSPS) is 12.9. The lowest BCUT2D eigenvalue weighted by molar-refractivity contribution is 0.187. The molecule has 0 fully saturated rings. The van der Waals surface area contributed by atoms with Crippen LogP contribution in [0.25, 0.3) is 0 Å². The van der Waals surface area contributed by atoms with Crippen molar-refractivity contribution in [1.29, 1.82) is 0 Å². The fraction of sp³-hybridized carbons (Fsp3) is 1.00. The van der Waals surface area contributed by atoms with E-state index in [-0.39, 0.29) is 0 Å². The number of nitrogens with one attached hydrogen (secondary N) is 1. The highest BCUT2D eigenvalue weighted by molar-refractivity contribution is 6.79. The minimum absolute atomic E-state index is 0.752. The van der Waals surface area contributed by atoms with Gasteiger partial charge in [-0.3, -0.25) is 0 Å². The van der Waals surface area contributed by atoms with Crippen LogP contribution in [0.2, 0.25) is 30.7 Å². The molecule has 0 aromatic carbocycles. The summed E-state index contributed by atoms with van der Waals surface area (Å²) in [5.41, 5.74) is 0. The van der Waals surface area contributed by atoms with Crippen molar-refractivity contribution < 1.29 is 8.85 Å². The van der Waals surface area contributed by atoms with Gasteiger partial charge in [0.1, 0.15) is 0 Å². The predicted molar refractivity (Wildman–Crippen MR) is 99.0 cm³/mol. The standard InChI is InChI=1S/C16H39NO2Si2/c1-7-18-20(6,19-8-2)16-17-14-12-13-15-21(9-3,10-4)11-5/h17H,7-16H2,1-6H3. The molecule has 0 amide bonds. The molecule has 3 nitrogen and oxygen atoms in total. The lowest BCUT2D eigenvalue weighted by atomic mass is 10.3. The number of rotatable bonds is 14. The average Bonchev–Trinajstić information content (AvgIpc) is 2.48. The van der Waals surface area contributed by atoms with E-state index in [4.69, 9.17) is 8.85 Å². The smallest absolute Gasteiger partial charge is 0.349 e. The van der Waals surface area contributed by atoms with E-state index in [0.29, 0.717) is 0 Å². The molecule has 0 radical (unpaired) electrons. The van der Waals surface area contributed by atoms with Crippen molar-refractivity contribution in [1.82, 2.24) is 5.32 Å². The van der Waals surface area contributed by atoms with Crippen molar-refractivity contribution >= 4 is 16.6 Å². The minimum Gasteiger partial charge on any atom is -0.394 e. The van der Waals surface area contributed by atoms with Gasteiger partial charge in [0, 0.05) is 19.4 Å². The molecule has 0 aliphatic rings. The highest BCUT2D eigenvalue weighted by Gasteiger charge is 2.30. The quantitative estimate of drug-likeness (QED) is 0.374. The molecule has 1 N–H and O–H groups in total. The Morgan fingerprint density at radius 1 is 0.810 bits per heavy atom. The number of unbranched alkanes of at least 4 members (excludes halogenated alkanes) is 1. The number of hydrogen-bond donors (Lipinski definition) is 1. The van der Waals surface area contributed by atoms with Gasteiger partial charge in [-0.15, -0.1) is 0 Å². The van der Waals surface area contributed by atoms with Crippen molar-refractivity contribution in [3.8, 4) is 0 Å². The van der Waals surface area contributed by atoms with E-state index < -0.39 is 16.6 Å². The van der Waals surface area contributed by atoms with Crippen LogP contribution in [0.1, 0.15) is 47.5 Å². The molecule has 0 saturated heterocycles. The minimum atomic E-state index is -1.97. The van der Waals surface area contributed by atoms with Gasteiger partial charge in [-0.2, -0.15) is 0 Å². The van der Waals surface area contributed by atoms with Gasteiger partial charge in [-0.05, 0) is 33.4 Å². The summed E-state index contributed by atoms with van der Waals surface area (Å²) in [6.45, 7) is 16.1. The van der Waals surface area contributed by atoms with Crippen molar-refractivity contribution in [2.24, 2.45) is 0 Å². The van der Waals surface area contributed by atoms with E-state index >= 15 is 0 Å². The van der Waals surface area contributed by atoms with Crippen LogP contribution in [0.3, 0.4) is 0 Å². The van der Waals surface area contributed by atoms with Crippen LogP contribution >= 0.6 is 0 Å². The molecule has 0 aliphatic heterocycles. The summed E-state index contributed by atoms with van der Waals surface area (Å²) < 4.78 is 11.7. The molecule has 0 aromatic heterocycles. The van der Waals surface area contributed by atoms with Crippen LogP contribution in [-0.4, -0.2) is 42.6 Å². The maximum absolute atomic E-state index is 5.84. The van der Waals surface area contributed by atoms with Gasteiger partial charge in [-0.25, -0.2) is 0 Å². The van der Waals surface area contributed by atoms with Gasteiger partial charge in [0.05, 0.1) is 8.07 Å². The molecule has 0 atom stereocenters. The van der Waals surface area contributed by atoms with Crippen LogP contribution in [0, 0.1) is 0 Å². The summed E-state index contributed by atoms with van der Waals surface area (Å²) in [5, 5.41) is 3.56. The fourth-order valence-electron chi connectivity index (χ4n) is 3.10. The maximum Gasteiger partial charge on any atom is 0.349 e. The van der Waals surface area contributed by atoms with Crippen molar-refractivity contribution in [2.75, 3.05) is 25.9 Å². The van der Waals surface area contributed by atoms with Crippen molar-refractivity contribution in [3.05, 3.63) is 0 Å². The Morgan fingerprint density at radius 3 is 1.76 bits per heavy atom. The Morgan fingerprint density at radius 2 is 1.33 bits per heavy atom. The molecule has 0 aliphatic carbocycles. The van der Waals surface area contributed by atoms with E-state index in [1.165, 1.54) is 37.0 Å². The molecule has 0 unspecified atom stereocenters. The first-order chi connectivity index (χ1) is 10.0. The SMILES string of the molecule is CCO[Si](C)(CNCCCC[Si](CC)(CC)CC)OCC. The van der Waals surface area contributed by atoms with Gasteiger partial charge in [0.15, 0.2) is 0 Å². The molecule has 0 spiro atoms. The Hall–Kier alpha value is 0.314. The van der Waals surface area contributed by atoms with Crippen molar-refractivity contribution in [3.63, 3.8) is 0 Å². The second-order valence-electron chi connectivity index (χ2n) is 6.19. The Balaban J connectivity index is 3.89. The molecule has 0 bridgehead atoms. The first-order valence-electron chi connectivity index (χ1n) is 9.00. The van der Waals surface area contributed by atoms with Crippen LogP contribution in [0.4, 0.5) is 0 Å². The second kappa shape index (κ2) is 11.8. The first-order valence-corrected chi connectivity index (χ1v) is 14.3. The number of hydrogen-bond acceptors (Lipinski definition) is 3. The van der Waals surface area contributed by atoms with Gasteiger partial charge < -0.3 is 14.2 Å². The van der Waals surface area contributed by atoms with E-state index in [2.05, 4.69) is 46.5 Å². The van der Waals surface area contributed by atoms with E-state index in [1.807, 2.05) is 0 Å². The zero-order valence-electron chi connectivity index (χ0n) is 15.4. The molecule has 21 heavy (non-hydrogen) atoms.